The van der Waals surface area contributed by atoms with Crippen LogP contribution in [-0.2, 0) is 21.4 Å². The van der Waals surface area contributed by atoms with Gasteiger partial charge >= 0.3 is 5.97 Å². The molecule has 7 nitrogen and oxygen atoms in total. The van der Waals surface area contributed by atoms with E-state index in [1.807, 2.05) is 0 Å². The molecule has 0 atom stereocenters. The number of carbonyl (C=O) groups is 1. The Morgan fingerprint density at radius 1 is 1.21 bits per heavy atom. The summed E-state index contributed by atoms with van der Waals surface area (Å²) in [5, 5.41) is 14.2. The number of rotatable bonds is 4. The molecule has 0 radical (unpaired) electrons. The zero-order chi connectivity index (χ0) is 20.9. The molecule has 4 rings (SSSR count). The Labute approximate surface area is 166 Å². The number of halogens is 1. The molecule has 0 unspecified atom stereocenters. The van der Waals surface area contributed by atoms with Crippen LogP contribution in [0.2, 0.25) is 0 Å². The Morgan fingerprint density at radius 3 is 2.62 bits per heavy atom. The molecule has 29 heavy (non-hydrogen) atoms. The summed E-state index contributed by atoms with van der Waals surface area (Å²) in [6.45, 7) is 3.22. The van der Waals surface area contributed by atoms with Gasteiger partial charge in [0.15, 0.2) is 0 Å². The van der Waals surface area contributed by atoms with Crippen molar-refractivity contribution >= 4 is 32.6 Å². The van der Waals surface area contributed by atoms with Gasteiger partial charge in [0.1, 0.15) is 18.1 Å². The molecule has 0 spiro atoms. The maximum atomic E-state index is 14.1. The SMILES string of the molecule is CCN1N=C(c2c(C)n(CC(=O)O)c3ccc(F)cc23)c2ccccc2S1(=O)=O. The van der Waals surface area contributed by atoms with Crippen LogP contribution in [0.15, 0.2) is 52.5 Å². The standard InChI is InChI=1S/C20H18FN3O4S/c1-3-24-22-20(14-6-4-5-7-17(14)29(24,27)28)19-12(2)23(11-18(25)26)16-9-8-13(21)10-15(16)19/h4-10H,3,11H2,1-2H3,(H,25,26). The molecule has 9 heteroatoms. The highest BCUT2D eigenvalue weighted by atomic mass is 32.2. The fourth-order valence-electron chi connectivity index (χ4n) is 3.74. The lowest BCUT2D eigenvalue weighted by Gasteiger charge is -2.26. The van der Waals surface area contributed by atoms with Crippen LogP contribution in [0.1, 0.15) is 23.7 Å². The van der Waals surface area contributed by atoms with Gasteiger partial charge in [0, 0.05) is 27.7 Å². The summed E-state index contributed by atoms with van der Waals surface area (Å²) < 4.78 is 42.3. The normalized spacial score (nSPS) is 15.3. The fraction of sp³-hybridized carbons (Fsp3) is 0.200. The first-order chi connectivity index (χ1) is 13.8. The van der Waals surface area contributed by atoms with E-state index in [1.165, 1.54) is 24.3 Å². The second-order valence-corrected chi connectivity index (χ2v) is 8.50. The second kappa shape index (κ2) is 6.70. The first kappa shape index (κ1) is 19.1. The second-order valence-electron chi connectivity index (χ2n) is 6.69. The number of aliphatic carboxylic acids is 1. The average Bonchev–Trinajstić information content (AvgIpc) is 2.93. The molecule has 0 amide bonds. The third-order valence-corrected chi connectivity index (χ3v) is 6.80. The minimum absolute atomic E-state index is 0.113. The largest absolute Gasteiger partial charge is 0.480 e. The van der Waals surface area contributed by atoms with Crippen molar-refractivity contribution in [1.29, 1.82) is 0 Å². The van der Waals surface area contributed by atoms with E-state index in [0.717, 1.165) is 4.41 Å². The Balaban J connectivity index is 2.09. The van der Waals surface area contributed by atoms with Gasteiger partial charge < -0.3 is 9.67 Å². The van der Waals surface area contributed by atoms with Crippen LogP contribution < -0.4 is 0 Å². The summed E-state index contributed by atoms with van der Waals surface area (Å²) in [5.41, 5.74) is 2.39. The number of benzene rings is 2. The number of hydrogen-bond donors (Lipinski definition) is 1. The summed E-state index contributed by atoms with van der Waals surface area (Å²) in [4.78, 5) is 11.5. The van der Waals surface area contributed by atoms with Crippen LogP contribution in [0, 0.1) is 12.7 Å². The quantitative estimate of drug-likeness (QED) is 0.709. The summed E-state index contributed by atoms with van der Waals surface area (Å²) >= 11 is 0. The third kappa shape index (κ3) is 2.89. The smallest absolute Gasteiger partial charge is 0.323 e. The Kier molecular flexibility index (Phi) is 4.42. The summed E-state index contributed by atoms with van der Waals surface area (Å²) in [5.74, 6) is -1.51. The van der Waals surface area contributed by atoms with Gasteiger partial charge in [-0.3, -0.25) is 4.79 Å². The maximum absolute atomic E-state index is 14.1. The monoisotopic (exact) mass is 415 g/mol. The van der Waals surface area contributed by atoms with E-state index in [2.05, 4.69) is 5.10 Å². The molecular formula is C20H18FN3O4S. The first-order valence-electron chi connectivity index (χ1n) is 8.97. The third-order valence-electron chi connectivity index (χ3n) is 5.00. The molecule has 3 aromatic rings. The average molecular weight is 415 g/mol. The molecule has 0 bridgehead atoms. The van der Waals surface area contributed by atoms with Crippen LogP contribution in [0.3, 0.4) is 0 Å². The highest BCUT2D eigenvalue weighted by Gasteiger charge is 2.34. The number of sulfonamides is 1. The number of hydrazone groups is 1. The molecule has 150 valence electrons. The maximum Gasteiger partial charge on any atom is 0.323 e. The van der Waals surface area contributed by atoms with Gasteiger partial charge in [-0.1, -0.05) is 18.2 Å². The molecule has 2 heterocycles. The van der Waals surface area contributed by atoms with Crippen LogP contribution in [0.5, 0.6) is 0 Å². The number of fused-ring (bicyclic) bond motifs is 2. The van der Waals surface area contributed by atoms with Crippen LogP contribution in [-0.4, -0.2) is 40.7 Å². The lowest BCUT2D eigenvalue weighted by Crippen LogP contribution is -2.33. The zero-order valence-corrected chi connectivity index (χ0v) is 16.6. The van der Waals surface area contributed by atoms with E-state index in [-0.39, 0.29) is 18.0 Å². The molecule has 0 saturated carbocycles. The van der Waals surface area contributed by atoms with Gasteiger partial charge in [0.2, 0.25) is 0 Å². The van der Waals surface area contributed by atoms with Crippen molar-refractivity contribution in [2.75, 3.05) is 6.54 Å². The molecule has 0 fully saturated rings. The zero-order valence-electron chi connectivity index (χ0n) is 15.8. The highest BCUT2D eigenvalue weighted by Crippen LogP contribution is 2.34. The van der Waals surface area contributed by atoms with Crippen molar-refractivity contribution < 1.29 is 22.7 Å². The predicted molar refractivity (Wildman–Crippen MR) is 106 cm³/mol. The van der Waals surface area contributed by atoms with Crippen molar-refractivity contribution in [3.8, 4) is 0 Å². The molecule has 1 aromatic heterocycles. The molecule has 0 aliphatic carbocycles. The summed E-state index contributed by atoms with van der Waals surface area (Å²) in [7, 11) is -3.79. The van der Waals surface area contributed by atoms with E-state index in [1.54, 1.807) is 36.6 Å². The number of carboxylic acid groups (broad SMARTS) is 1. The Hall–Kier alpha value is -3.20. The number of hydrogen-bond acceptors (Lipinski definition) is 4. The van der Waals surface area contributed by atoms with Crippen LogP contribution >= 0.6 is 0 Å². The number of nitrogens with zero attached hydrogens (tertiary/aromatic N) is 3. The molecule has 1 aliphatic heterocycles. The predicted octanol–water partition coefficient (Wildman–Crippen LogP) is 2.95. The van der Waals surface area contributed by atoms with Crippen molar-refractivity contribution in [1.82, 2.24) is 8.98 Å². The van der Waals surface area contributed by atoms with Crippen molar-refractivity contribution in [2.45, 2.75) is 25.3 Å². The van der Waals surface area contributed by atoms with E-state index in [0.29, 0.717) is 33.4 Å². The van der Waals surface area contributed by atoms with Gasteiger partial charge in [0.25, 0.3) is 10.0 Å². The highest BCUT2D eigenvalue weighted by molar-refractivity contribution is 7.89. The van der Waals surface area contributed by atoms with E-state index in [4.69, 9.17) is 0 Å². The van der Waals surface area contributed by atoms with Crippen LogP contribution in [0.25, 0.3) is 10.9 Å². The lowest BCUT2D eigenvalue weighted by atomic mass is 9.99. The molecule has 1 N–H and O–H groups in total. The van der Waals surface area contributed by atoms with Crippen molar-refractivity contribution in [3.63, 3.8) is 0 Å². The Morgan fingerprint density at radius 2 is 1.93 bits per heavy atom. The topological polar surface area (TPSA) is 92.0 Å². The fourth-order valence-corrected chi connectivity index (χ4v) is 5.19. The molecule has 1 aliphatic rings. The van der Waals surface area contributed by atoms with Crippen LogP contribution in [0.4, 0.5) is 4.39 Å². The summed E-state index contributed by atoms with van der Waals surface area (Å²) in [6.07, 6.45) is 0. The van der Waals surface area contributed by atoms with Crippen molar-refractivity contribution in [2.24, 2.45) is 5.10 Å². The van der Waals surface area contributed by atoms with Gasteiger partial charge in [-0.05, 0) is 38.1 Å². The van der Waals surface area contributed by atoms with Gasteiger partial charge in [-0.15, -0.1) is 0 Å². The summed E-state index contributed by atoms with van der Waals surface area (Å²) in [6, 6.07) is 10.6. The van der Waals surface area contributed by atoms with Gasteiger partial charge in [0.05, 0.1) is 11.4 Å². The number of carboxylic acids is 1. The molecule has 0 saturated heterocycles. The minimum atomic E-state index is -3.79. The minimum Gasteiger partial charge on any atom is -0.480 e. The van der Waals surface area contributed by atoms with Gasteiger partial charge in [-0.2, -0.15) is 17.9 Å². The van der Waals surface area contributed by atoms with E-state index >= 15 is 0 Å². The molecule has 2 aromatic carbocycles. The lowest BCUT2D eigenvalue weighted by molar-refractivity contribution is -0.137. The van der Waals surface area contributed by atoms with E-state index in [9.17, 15) is 22.7 Å². The molecular weight excluding hydrogens is 397 g/mol. The van der Waals surface area contributed by atoms with E-state index < -0.39 is 21.8 Å². The first-order valence-corrected chi connectivity index (χ1v) is 10.4. The van der Waals surface area contributed by atoms with Gasteiger partial charge in [-0.25, -0.2) is 4.39 Å². The number of aromatic nitrogens is 1. The van der Waals surface area contributed by atoms with Crippen molar-refractivity contribution in [3.05, 3.63) is 65.1 Å². The Bertz CT molecular complexity index is 1290.